The van der Waals surface area contributed by atoms with Gasteiger partial charge in [0, 0.05) is 44.6 Å². The van der Waals surface area contributed by atoms with Gasteiger partial charge in [-0.15, -0.1) is 0 Å². The first-order chi connectivity index (χ1) is 14.6. The number of anilines is 3. The Morgan fingerprint density at radius 1 is 1.10 bits per heavy atom. The molecule has 0 spiro atoms. The van der Waals surface area contributed by atoms with Crippen LogP contribution in [0.25, 0.3) is 0 Å². The Balaban J connectivity index is 1.73. The van der Waals surface area contributed by atoms with Crippen molar-refractivity contribution in [2.75, 3.05) is 43.2 Å². The number of fused-ring (bicyclic) bond motifs is 1. The zero-order valence-corrected chi connectivity index (χ0v) is 19.0. The molecule has 31 heavy (non-hydrogen) atoms. The molecule has 2 aromatic carbocycles. The monoisotopic (exact) mass is 444 g/mol. The fraction of sp³-hybridized carbons (Fsp3) is 0.364. The summed E-state index contributed by atoms with van der Waals surface area (Å²) >= 11 is 0. The topological polar surface area (TPSA) is 98.8 Å². The zero-order valence-electron chi connectivity index (χ0n) is 18.2. The third-order valence-corrected chi connectivity index (χ3v) is 7.05. The Morgan fingerprint density at radius 2 is 1.84 bits per heavy atom. The molecule has 1 aliphatic heterocycles. The molecular formula is C22H28N4O4S. The van der Waals surface area contributed by atoms with Crippen molar-refractivity contribution >= 4 is 38.9 Å². The van der Waals surface area contributed by atoms with Crippen molar-refractivity contribution in [3.8, 4) is 0 Å². The molecule has 0 unspecified atom stereocenters. The largest absolute Gasteiger partial charge is 0.377 e. The van der Waals surface area contributed by atoms with E-state index in [1.807, 2.05) is 38.1 Å². The van der Waals surface area contributed by atoms with Crippen molar-refractivity contribution in [2.24, 2.45) is 0 Å². The minimum atomic E-state index is -3.86. The summed E-state index contributed by atoms with van der Waals surface area (Å²) in [6.45, 7) is 1.66. The second-order valence-corrected chi connectivity index (χ2v) is 9.97. The van der Waals surface area contributed by atoms with E-state index in [9.17, 15) is 18.0 Å². The number of carbonyl (C=O) groups is 2. The number of carbonyl (C=O) groups excluding carboxylic acids is 2. The maximum Gasteiger partial charge on any atom is 0.243 e. The van der Waals surface area contributed by atoms with Gasteiger partial charge in [-0.25, -0.2) is 8.42 Å². The molecule has 2 aromatic rings. The highest BCUT2D eigenvalue weighted by Gasteiger charge is 2.25. The van der Waals surface area contributed by atoms with Gasteiger partial charge < -0.3 is 15.5 Å². The number of sulfonamides is 1. The summed E-state index contributed by atoms with van der Waals surface area (Å²) in [5, 5.41) is 5.55. The van der Waals surface area contributed by atoms with Gasteiger partial charge in [-0.1, -0.05) is 6.07 Å². The molecule has 1 aliphatic rings. The van der Waals surface area contributed by atoms with Gasteiger partial charge >= 0.3 is 0 Å². The lowest BCUT2D eigenvalue weighted by atomic mass is 10.1. The summed E-state index contributed by atoms with van der Waals surface area (Å²) in [7, 11) is 1.35. The van der Waals surface area contributed by atoms with Crippen molar-refractivity contribution in [3.05, 3.63) is 47.5 Å². The summed E-state index contributed by atoms with van der Waals surface area (Å²) < 4.78 is 27.0. The Labute approximate surface area is 183 Å². The lowest BCUT2D eigenvalue weighted by Gasteiger charge is -2.19. The fourth-order valence-corrected chi connectivity index (χ4v) is 4.73. The van der Waals surface area contributed by atoms with Gasteiger partial charge in [-0.3, -0.25) is 9.59 Å². The first kappa shape index (κ1) is 22.8. The minimum Gasteiger partial charge on any atom is -0.377 e. The summed E-state index contributed by atoms with van der Waals surface area (Å²) in [6, 6.07) is 10.2. The third-order valence-electron chi connectivity index (χ3n) is 5.25. The van der Waals surface area contributed by atoms with Crippen LogP contribution in [0.1, 0.15) is 24.0 Å². The van der Waals surface area contributed by atoms with Gasteiger partial charge in [0.1, 0.15) is 0 Å². The van der Waals surface area contributed by atoms with E-state index in [0.717, 1.165) is 21.1 Å². The molecule has 9 heteroatoms. The maximum absolute atomic E-state index is 13.0. The molecule has 166 valence electrons. The molecular weight excluding hydrogens is 416 g/mol. The van der Waals surface area contributed by atoms with Crippen molar-refractivity contribution < 1.29 is 18.0 Å². The standard InChI is InChI=1S/C22H28N4O4S/c1-15-8-9-17(13-20(15)25(2)3)23-22(28)14-26(4)31(29,30)18-10-11-19-16(12-18)6-5-7-21(27)24-19/h8-13H,5-7,14H2,1-4H3,(H,23,28)(H,24,27). The molecule has 2 amide bonds. The van der Waals surface area contributed by atoms with Crippen molar-refractivity contribution in [2.45, 2.75) is 31.1 Å². The van der Waals surface area contributed by atoms with Crippen LogP contribution in [0.2, 0.25) is 0 Å². The first-order valence-electron chi connectivity index (χ1n) is 10.0. The molecule has 2 N–H and O–H groups in total. The number of nitrogens with one attached hydrogen (secondary N) is 2. The Morgan fingerprint density at radius 3 is 2.55 bits per heavy atom. The van der Waals surface area contributed by atoms with E-state index in [1.165, 1.54) is 13.1 Å². The highest BCUT2D eigenvalue weighted by molar-refractivity contribution is 7.89. The van der Waals surface area contributed by atoms with Crippen molar-refractivity contribution in [3.63, 3.8) is 0 Å². The highest BCUT2D eigenvalue weighted by atomic mass is 32.2. The van der Waals surface area contributed by atoms with Crippen LogP contribution >= 0.6 is 0 Å². The summed E-state index contributed by atoms with van der Waals surface area (Å²) in [5.74, 6) is -0.502. The fourth-order valence-electron chi connectivity index (χ4n) is 3.55. The summed E-state index contributed by atoms with van der Waals surface area (Å²) in [6.07, 6.45) is 1.68. The maximum atomic E-state index is 13.0. The average Bonchev–Trinajstić information content (AvgIpc) is 2.88. The van der Waals surface area contributed by atoms with Gasteiger partial charge in [0.2, 0.25) is 21.8 Å². The second-order valence-electron chi connectivity index (χ2n) is 7.93. The number of amides is 2. The van der Waals surface area contributed by atoms with Crippen LogP contribution in [0.4, 0.5) is 17.1 Å². The van der Waals surface area contributed by atoms with Crippen LogP contribution in [0.15, 0.2) is 41.3 Å². The number of hydrogen-bond donors (Lipinski definition) is 2. The average molecular weight is 445 g/mol. The first-order valence-corrected chi connectivity index (χ1v) is 11.5. The number of hydrogen-bond acceptors (Lipinski definition) is 5. The predicted octanol–water partition coefficient (Wildman–Crippen LogP) is 2.60. The van der Waals surface area contributed by atoms with Gasteiger partial charge in [0.15, 0.2) is 0 Å². The minimum absolute atomic E-state index is 0.0725. The van der Waals surface area contributed by atoms with E-state index < -0.39 is 15.9 Å². The molecule has 0 atom stereocenters. The summed E-state index contributed by atoms with van der Waals surface area (Å²) in [4.78, 5) is 26.2. The number of likely N-dealkylation sites (N-methyl/N-ethyl adjacent to an activating group) is 1. The number of nitrogens with zero attached hydrogens (tertiary/aromatic N) is 2. The van der Waals surface area contributed by atoms with Crippen LogP contribution in [-0.2, 0) is 26.0 Å². The normalized spacial score (nSPS) is 13.9. The lowest BCUT2D eigenvalue weighted by Crippen LogP contribution is -2.35. The van der Waals surface area contributed by atoms with E-state index in [-0.39, 0.29) is 17.3 Å². The van der Waals surface area contributed by atoms with Gasteiger partial charge in [-0.2, -0.15) is 4.31 Å². The van der Waals surface area contributed by atoms with Crippen molar-refractivity contribution in [1.82, 2.24) is 4.31 Å². The summed E-state index contributed by atoms with van der Waals surface area (Å²) in [5.41, 5.74) is 4.06. The van der Waals surface area contributed by atoms with Gasteiger partial charge in [0.05, 0.1) is 11.4 Å². The molecule has 8 nitrogen and oxygen atoms in total. The molecule has 0 aromatic heterocycles. The third kappa shape index (κ3) is 5.23. The number of rotatable bonds is 6. The molecule has 1 heterocycles. The molecule has 0 fully saturated rings. The van der Waals surface area contributed by atoms with E-state index in [2.05, 4.69) is 10.6 Å². The predicted molar refractivity (Wildman–Crippen MR) is 122 cm³/mol. The van der Waals surface area contributed by atoms with Crippen molar-refractivity contribution in [1.29, 1.82) is 0 Å². The van der Waals surface area contributed by atoms with E-state index in [4.69, 9.17) is 0 Å². The Bertz CT molecular complexity index is 1110. The van der Waals surface area contributed by atoms with Crippen LogP contribution in [0.3, 0.4) is 0 Å². The number of benzene rings is 2. The van der Waals surface area contributed by atoms with Crippen LogP contribution in [0, 0.1) is 6.92 Å². The SMILES string of the molecule is Cc1ccc(NC(=O)CN(C)S(=O)(=O)c2ccc3c(c2)CCCC(=O)N3)cc1N(C)C. The Kier molecular flexibility index (Phi) is 6.66. The zero-order chi connectivity index (χ0) is 22.8. The van der Waals surface area contributed by atoms with E-state index >= 15 is 0 Å². The number of aryl methyl sites for hydroxylation is 2. The molecule has 0 saturated carbocycles. The molecule has 0 aliphatic carbocycles. The van der Waals surface area contributed by atoms with Gasteiger partial charge in [-0.05, 0) is 61.2 Å². The molecule has 0 saturated heterocycles. The quantitative estimate of drug-likeness (QED) is 0.714. The van der Waals surface area contributed by atoms with E-state index in [1.54, 1.807) is 18.2 Å². The molecule has 0 bridgehead atoms. The Hall–Kier alpha value is -2.91. The van der Waals surface area contributed by atoms with Crippen LogP contribution in [0.5, 0.6) is 0 Å². The molecule has 3 rings (SSSR count). The van der Waals surface area contributed by atoms with Gasteiger partial charge in [0.25, 0.3) is 0 Å². The van der Waals surface area contributed by atoms with E-state index in [0.29, 0.717) is 30.6 Å². The smallest absolute Gasteiger partial charge is 0.243 e. The van der Waals surface area contributed by atoms with Crippen LogP contribution in [-0.4, -0.2) is 52.2 Å². The van der Waals surface area contributed by atoms with Crippen LogP contribution < -0.4 is 15.5 Å². The second kappa shape index (κ2) is 9.07. The highest BCUT2D eigenvalue weighted by Crippen LogP contribution is 2.27. The molecule has 0 radical (unpaired) electrons. The lowest BCUT2D eigenvalue weighted by molar-refractivity contribution is -0.117.